The van der Waals surface area contributed by atoms with Gasteiger partial charge >= 0.3 is 0 Å². The SMILES string of the molecule is CCc1cccc2c(CNCCOC)cc(C(C)(C)C)nc12. The zero-order valence-electron chi connectivity index (χ0n) is 14.5. The molecule has 0 radical (unpaired) electrons. The third kappa shape index (κ3) is 3.84. The van der Waals surface area contributed by atoms with Crippen molar-refractivity contribution < 1.29 is 4.74 Å². The Hall–Kier alpha value is -1.45. The fraction of sp³-hybridized carbons (Fsp3) is 0.526. The number of aromatic nitrogens is 1. The molecule has 1 aromatic heterocycles. The van der Waals surface area contributed by atoms with E-state index in [9.17, 15) is 0 Å². The van der Waals surface area contributed by atoms with Gasteiger partial charge in [-0.15, -0.1) is 0 Å². The molecule has 1 aromatic carbocycles. The van der Waals surface area contributed by atoms with Gasteiger partial charge in [-0.05, 0) is 23.6 Å². The summed E-state index contributed by atoms with van der Waals surface area (Å²) in [5.74, 6) is 0. The van der Waals surface area contributed by atoms with Crippen LogP contribution in [0.4, 0.5) is 0 Å². The highest BCUT2D eigenvalue weighted by Gasteiger charge is 2.18. The molecule has 120 valence electrons. The van der Waals surface area contributed by atoms with Crippen molar-refractivity contribution in [2.24, 2.45) is 0 Å². The molecule has 1 N–H and O–H groups in total. The second-order valence-electron chi connectivity index (χ2n) is 6.75. The molecule has 2 aromatic rings. The second kappa shape index (κ2) is 7.21. The van der Waals surface area contributed by atoms with Crippen molar-refractivity contribution >= 4 is 10.9 Å². The van der Waals surface area contributed by atoms with Gasteiger partial charge < -0.3 is 10.1 Å². The van der Waals surface area contributed by atoms with Crippen LogP contribution in [0.25, 0.3) is 10.9 Å². The third-order valence-corrected chi connectivity index (χ3v) is 3.96. The number of para-hydroxylation sites is 1. The lowest BCUT2D eigenvalue weighted by Crippen LogP contribution is -2.20. The number of rotatable bonds is 6. The topological polar surface area (TPSA) is 34.1 Å². The van der Waals surface area contributed by atoms with E-state index in [0.29, 0.717) is 0 Å². The molecule has 0 saturated carbocycles. The summed E-state index contributed by atoms with van der Waals surface area (Å²) in [7, 11) is 1.73. The van der Waals surface area contributed by atoms with Crippen molar-refractivity contribution in [3.05, 3.63) is 41.1 Å². The molecule has 0 bridgehead atoms. The Morgan fingerprint density at radius 2 is 1.95 bits per heavy atom. The molecule has 0 amide bonds. The number of hydrogen-bond acceptors (Lipinski definition) is 3. The first-order valence-corrected chi connectivity index (χ1v) is 8.09. The average Bonchev–Trinajstić information content (AvgIpc) is 2.49. The van der Waals surface area contributed by atoms with Crippen LogP contribution in [0.1, 0.15) is 44.5 Å². The molecule has 22 heavy (non-hydrogen) atoms. The quantitative estimate of drug-likeness (QED) is 0.823. The van der Waals surface area contributed by atoms with Gasteiger partial charge in [-0.25, -0.2) is 0 Å². The zero-order chi connectivity index (χ0) is 16.2. The van der Waals surface area contributed by atoms with Crippen molar-refractivity contribution in [3.8, 4) is 0 Å². The molecule has 0 fully saturated rings. The molecule has 3 heteroatoms. The monoisotopic (exact) mass is 300 g/mol. The van der Waals surface area contributed by atoms with Crippen LogP contribution in [0.2, 0.25) is 0 Å². The van der Waals surface area contributed by atoms with Crippen molar-refractivity contribution in [2.75, 3.05) is 20.3 Å². The zero-order valence-corrected chi connectivity index (χ0v) is 14.5. The number of nitrogens with zero attached hydrogens (tertiary/aromatic N) is 1. The molecule has 2 rings (SSSR count). The van der Waals surface area contributed by atoms with Crippen LogP contribution in [0.3, 0.4) is 0 Å². The highest BCUT2D eigenvalue weighted by Crippen LogP contribution is 2.28. The minimum absolute atomic E-state index is 0.0519. The standard InChI is InChI=1S/C19H28N2O/c1-6-14-8-7-9-16-15(13-20-10-11-22-5)12-17(19(2,3)4)21-18(14)16/h7-9,12,20H,6,10-11,13H2,1-5H3. The smallest absolute Gasteiger partial charge is 0.0740 e. The number of hydrogen-bond donors (Lipinski definition) is 1. The van der Waals surface area contributed by atoms with Gasteiger partial charge in [0.15, 0.2) is 0 Å². The summed E-state index contributed by atoms with van der Waals surface area (Å²) in [5, 5.41) is 4.72. The van der Waals surface area contributed by atoms with Crippen LogP contribution in [-0.2, 0) is 23.1 Å². The van der Waals surface area contributed by atoms with Crippen LogP contribution in [-0.4, -0.2) is 25.2 Å². The van der Waals surface area contributed by atoms with Crippen LogP contribution >= 0.6 is 0 Å². The number of ether oxygens (including phenoxy) is 1. The Morgan fingerprint density at radius 1 is 1.18 bits per heavy atom. The van der Waals surface area contributed by atoms with Gasteiger partial charge in [0.1, 0.15) is 0 Å². The molecular formula is C19H28N2O. The third-order valence-electron chi connectivity index (χ3n) is 3.96. The minimum atomic E-state index is 0.0519. The summed E-state index contributed by atoms with van der Waals surface area (Å²) in [6, 6.07) is 8.75. The molecule has 0 aliphatic carbocycles. The first-order valence-electron chi connectivity index (χ1n) is 8.09. The predicted molar refractivity (Wildman–Crippen MR) is 93.4 cm³/mol. The van der Waals surface area contributed by atoms with Crippen molar-refractivity contribution in [3.63, 3.8) is 0 Å². The van der Waals surface area contributed by atoms with E-state index in [0.717, 1.165) is 37.3 Å². The van der Waals surface area contributed by atoms with Gasteiger partial charge in [0.05, 0.1) is 12.1 Å². The molecule has 0 spiro atoms. The summed E-state index contributed by atoms with van der Waals surface area (Å²) < 4.78 is 5.11. The van der Waals surface area contributed by atoms with Crippen molar-refractivity contribution in [2.45, 2.75) is 46.1 Å². The number of pyridine rings is 1. The summed E-state index contributed by atoms with van der Waals surface area (Å²) in [6.45, 7) is 11.3. The molecule has 0 aliphatic rings. The summed E-state index contributed by atoms with van der Waals surface area (Å²) in [5.41, 5.74) is 5.00. The lowest BCUT2D eigenvalue weighted by Gasteiger charge is -2.21. The molecule has 3 nitrogen and oxygen atoms in total. The summed E-state index contributed by atoms with van der Waals surface area (Å²) >= 11 is 0. The fourth-order valence-corrected chi connectivity index (χ4v) is 2.59. The highest BCUT2D eigenvalue weighted by molar-refractivity contribution is 5.85. The maximum atomic E-state index is 5.11. The van der Waals surface area contributed by atoms with E-state index < -0.39 is 0 Å². The van der Waals surface area contributed by atoms with E-state index in [1.54, 1.807) is 7.11 Å². The highest BCUT2D eigenvalue weighted by atomic mass is 16.5. The van der Waals surface area contributed by atoms with E-state index >= 15 is 0 Å². The summed E-state index contributed by atoms with van der Waals surface area (Å²) in [4.78, 5) is 4.97. The Kier molecular flexibility index (Phi) is 5.54. The van der Waals surface area contributed by atoms with Gasteiger partial charge in [-0.1, -0.05) is 45.9 Å². The van der Waals surface area contributed by atoms with E-state index in [2.05, 4.69) is 57.3 Å². The molecule has 0 atom stereocenters. The van der Waals surface area contributed by atoms with Gasteiger partial charge in [-0.3, -0.25) is 4.98 Å². The normalized spacial score (nSPS) is 12.0. The van der Waals surface area contributed by atoms with E-state index in [-0.39, 0.29) is 5.41 Å². The number of methoxy groups -OCH3 is 1. The minimum Gasteiger partial charge on any atom is -0.383 e. The number of nitrogens with one attached hydrogen (secondary N) is 1. The number of benzene rings is 1. The largest absolute Gasteiger partial charge is 0.383 e. The predicted octanol–water partition coefficient (Wildman–Crippen LogP) is 3.83. The van der Waals surface area contributed by atoms with Gasteiger partial charge in [0.2, 0.25) is 0 Å². The lowest BCUT2D eigenvalue weighted by atomic mass is 9.89. The van der Waals surface area contributed by atoms with E-state index in [4.69, 9.17) is 9.72 Å². The first kappa shape index (κ1) is 16.9. The van der Waals surface area contributed by atoms with Crippen LogP contribution in [0.5, 0.6) is 0 Å². The fourth-order valence-electron chi connectivity index (χ4n) is 2.59. The molecule has 0 saturated heterocycles. The second-order valence-corrected chi connectivity index (χ2v) is 6.75. The summed E-state index contributed by atoms with van der Waals surface area (Å²) in [6.07, 6.45) is 1.01. The Labute approximate surface area is 134 Å². The van der Waals surface area contributed by atoms with E-state index in [1.807, 2.05) is 0 Å². The number of aryl methyl sites for hydroxylation is 1. The Morgan fingerprint density at radius 3 is 2.59 bits per heavy atom. The number of fused-ring (bicyclic) bond motifs is 1. The van der Waals surface area contributed by atoms with Crippen LogP contribution in [0, 0.1) is 0 Å². The Bertz CT molecular complexity index is 629. The van der Waals surface area contributed by atoms with Crippen molar-refractivity contribution in [1.82, 2.24) is 10.3 Å². The van der Waals surface area contributed by atoms with E-state index in [1.165, 1.54) is 16.5 Å². The maximum absolute atomic E-state index is 5.11. The molecular weight excluding hydrogens is 272 g/mol. The van der Waals surface area contributed by atoms with Gasteiger partial charge in [0.25, 0.3) is 0 Å². The van der Waals surface area contributed by atoms with Gasteiger partial charge in [-0.2, -0.15) is 0 Å². The molecule has 0 unspecified atom stereocenters. The Balaban J connectivity index is 2.47. The van der Waals surface area contributed by atoms with Crippen LogP contribution < -0.4 is 5.32 Å². The average molecular weight is 300 g/mol. The molecule has 0 aliphatic heterocycles. The van der Waals surface area contributed by atoms with Crippen molar-refractivity contribution in [1.29, 1.82) is 0 Å². The van der Waals surface area contributed by atoms with Crippen LogP contribution in [0.15, 0.2) is 24.3 Å². The lowest BCUT2D eigenvalue weighted by molar-refractivity contribution is 0.199. The molecule has 1 heterocycles. The maximum Gasteiger partial charge on any atom is 0.0740 e. The van der Waals surface area contributed by atoms with Gasteiger partial charge in [0, 0.05) is 36.7 Å². The first-order chi connectivity index (χ1) is 10.5.